The van der Waals surface area contributed by atoms with Gasteiger partial charge in [0, 0.05) is 10.9 Å². The molecular weight excluding hydrogens is 226 g/mol. The van der Waals surface area contributed by atoms with Crippen molar-refractivity contribution in [2.24, 2.45) is 0 Å². The van der Waals surface area contributed by atoms with E-state index >= 15 is 0 Å². The largest absolute Gasteiger partial charge is 0.313 e. The van der Waals surface area contributed by atoms with Crippen LogP contribution in [0.3, 0.4) is 0 Å². The number of benzene rings is 1. The number of hydrogen-bond acceptors (Lipinski definition) is 2. The number of nitrogens with one attached hydrogen (secondary N) is 1. The Balaban J connectivity index is 2.43. The van der Waals surface area contributed by atoms with E-state index in [0.717, 1.165) is 0 Å². The molecule has 1 unspecified atom stereocenters. The van der Waals surface area contributed by atoms with Crippen LogP contribution in [0.25, 0.3) is 0 Å². The molecule has 0 saturated heterocycles. The summed E-state index contributed by atoms with van der Waals surface area (Å²) in [7, 11) is 2.08. The van der Waals surface area contributed by atoms with Gasteiger partial charge < -0.3 is 5.32 Å². The van der Waals surface area contributed by atoms with Crippen molar-refractivity contribution in [3.8, 4) is 0 Å². The number of fused-ring (bicyclic) bond motifs is 1. The van der Waals surface area contributed by atoms with Crippen LogP contribution in [0.4, 0.5) is 0 Å². The van der Waals surface area contributed by atoms with Gasteiger partial charge in [-0.3, -0.25) is 0 Å². The molecule has 0 spiro atoms. The van der Waals surface area contributed by atoms with Crippen LogP contribution in [0.5, 0.6) is 0 Å². The standard InChI is InChI=1S/C15H23NS/c1-15(2,3)11-7-8-14-12(10-11)13(16-4)6-5-9-17-14/h7-8,10,13,16H,5-6,9H2,1-4H3. The SMILES string of the molecule is CNC1CCCSc2ccc(C(C)(C)C)cc21. The zero-order chi connectivity index (χ0) is 12.5. The molecule has 1 aliphatic rings. The lowest BCUT2D eigenvalue weighted by atomic mass is 9.85. The molecule has 1 aliphatic heterocycles. The normalized spacial score (nSPS) is 20.8. The Kier molecular flexibility index (Phi) is 3.84. The van der Waals surface area contributed by atoms with Crippen LogP contribution in [-0.2, 0) is 5.41 Å². The number of thioether (sulfide) groups is 1. The molecule has 1 aromatic rings. The van der Waals surface area contributed by atoms with Crippen molar-refractivity contribution in [3.05, 3.63) is 29.3 Å². The minimum atomic E-state index is 0.240. The van der Waals surface area contributed by atoms with E-state index in [1.165, 1.54) is 34.6 Å². The molecule has 1 aromatic carbocycles. The van der Waals surface area contributed by atoms with Crippen LogP contribution in [0, 0.1) is 0 Å². The second-order valence-corrected chi connectivity index (χ2v) is 6.97. The lowest BCUT2D eigenvalue weighted by Crippen LogP contribution is -2.18. The summed E-state index contributed by atoms with van der Waals surface area (Å²) < 4.78 is 0. The maximum Gasteiger partial charge on any atom is 0.0329 e. The molecule has 0 aliphatic carbocycles. The van der Waals surface area contributed by atoms with Gasteiger partial charge in [0.05, 0.1) is 0 Å². The Morgan fingerprint density at radius 2 is 2.06 bits per heavy atom. The molecule has 0 amide bonds. The lowest BCUT2D eigenvalue weighted by molar-refractivity contribution is 0.535. The van der Waals surface area contributed by atoms with E-state index < -0.39 is 0 Å². The predicted octanol–water partition coefficient (Wildman–Crippen LogP) is 4.13. The average molecular weight is 249 g/mol. The first-order chi connectivity index (χ1) is 8.02. The summed E-state index contributed by atoms with van der Waals surface area (Å²) in [6, 6.07) is 7.55. The van der Waals surface area contributed by atoms with Crippen molar-refractivity contribution in [1.82, 2.24) is 5.32 Å². The molecular formula is C15H23NS. The molecule has 0 radical (unpaired) electrons. The topological polar surface area (TPSA) is 12.0 Å². The van der Waals surface area contributed by atoms with Crippen molar-refractivity contribution in [2.75, 3.05) is 12.8 Å². The van der Waals surface area contributed by atoms with Crippen LogP contribution in [0.15, 0.2) is 23.1 Å². The molecule has 0 bridgehead atoms. The van der Waals surface area contributed by atoms with Gasteiger partial charge in [-0.2, -0.15) is 0 Å². The Labute approximate surface area is 109 Å². The van der Waals surface area contributed by atoms with Crippen molar-refractivity contribution in [3.63, 3.8) is 0 Å². The molecule has 0 aromatic heterocycles. The Bertz CT molecular complexity index is 392. The molecule has 1 N–H and O–H groups in total. The van der Waals surface area contributed by atoms with Gasteiger partial charge in [-0.1, -0.05) is 32.9 Å². The Morgan fingerprint density at radius 1 is 1.29 bits per heavy atom. The molecule has 2 heteroatoms. The van der Waals surface area contributed by atoms with Crippen molar-refractivity contribution < 1.29 is 0 Å². The van der Waals surface area contributed by atoms with Crippen LogP contribution in [-0.4, -0.2) is 12.8 Å². The minimum Gasteiger partial charge on any atom is -0.313 e. The first-order valence-electron chi connectivity index (χ1n) is 6.47. The quantitative estimate of drug-likeness (QED) is 0.803. The first kappa shape index (κ1) is 13.0. The van der Waals surface area contributed by atoms with Gasteiger partial charge in [0.1, 0.15) is 0 Å². The van der Waals surface area contributed by atoms with Crippen LogP contribution in [0.2, 0.25) is 0 Å². The Morgan fingerprint density at radius 3 is 2.71 bits per heavy atom. The molecule has 2 rings (SSSR count). The van der Waals surface area contributed by atoms with Crippen molar-refractivity contribution >= 4 is 11.8 Å². The second-order valence-electron chi connectivity index (χ2n) is 5.83. The lowest BCUT2D eigenvalue weighted by Gasteiger charge is -2.23. The van der Waals surface area contributed by atoms with Gasteiger partial charge in [-0.25, -0.2) is 0 Å². The van der Waals surface area contributed by atoms with E-state index in [1.54, 1.807) is 0 Å². The highest BCUT2D eigenvalue weighted by Gasteiger charge is 2.21. The second kappa shape index (κ2) is 5.03. The maximum absolute atomic E-state index is 3.47. The molecule has 0 saturated carbocycles. The third-order valence-electron chi connectivity index (χ3n) is 3.49. The van der Waals surface area contributed by atoms with E-state index in [2.05, 4.69) is 51.3 Å². The average Bonchev–Trinajstić information content (AvgIpc) is 2.48. The molecule has 94 valence electrons. The molecule has 1 heterocycles. The predicted molar refractivity (Wildman–Crippen MR) is 76.9 cm³/mol. The van der Waals surface area contributed by atoms with Crippen molar-refractivity contribution in [2.45, 2.75) is 50.0 Å². The maximum atomic E-state index is 3.47. The van der Waals surface area contributed by atoms with E-state index in [0.29, 0.717) is 6.04 Å². The highest BCUT2D eigenvalue weighted by molar-refractivity contribution is 7.99. The van der Waals surface area contributed by atoms with Gasteiger partial charge in [0.15, 0.2) is 0 Å². The van der Waals surface area contributed by atoms with Gasteiger partial charge in [0.25, 0.3) is 0 Å². The highest BCUT2D eigenvalue weighted by Crippen LogP contribution is 2.37. The van der Waals surface area contributed by atoms with Crippen LogP contribution >= 0.6 is 11.8 Å². The van der Waals surface area contributed by atoms with Crippen molar-refractivity contribution in [1.29, 1.82) is 0 Å². The van der Waals surface area contributed by atoms with E-state index in [-0.39, 0.29) is 5.41 Å². The summed E-state index contributed by atoms with van der Waals surface area (Å²) in [4.78, 5) is 1.47. The molecule has 1 nitrogen and oxygen atoms in total. The van der Waals surface area contributed by atoms with Crippen LogP contribution in [0.1, 0.15) is 50.8 Å². The summed E-state index contributed by atoms with van der Waals surface area (Å²) in [6.07, 6.45) is 2.56. The smallest absolute Gasteiger partial charge is 0.0329 e. The van der Waals surface area contributed by atoms with Gasteiger partial charge in [-0.05, 0) is 48.3 Å². The summed E-state index contributed by atoms with van der Waals surface area (Å²) in [6.45, 7) is 6.85. The zero-order valence-electron chi connectivity index (χ0n) is 11.3. The minimum absolute atomic E-state index is 0.240. The van der Waals surface area contributed by atoms with E-state index in [9.17, 15) is 0 Å². The zero-order valence-corrected chi connectivity index (χ0v) is 12.2. The summed E-state index contributed by atoms with van der Waals surface area (Å²) in [5.74, 6) is 1.25. The number of hydrogen-bond donors (Lipinski definition) is 1. The monoisotopic (exact) mass is 249 g/mol. The highest BCUT2D eigenvalue weighted by atomic mass is 32.2. The third-order valence-corrected chi connectivity index (χ3v) is 4.67. The van der Waals surface area contributed by atoms with Gasteiger partial charge >= 0.3 is 0 Å². The summed E-state index contributed by atoms with van der Waals surface area (Å²) in [5, 5.41) is 3.47. The fourth-order valence-corrected chi connectivity index (χ4v) is 3.41. The summed E-state index contributed by atoms with van der Waals surface area (Å²) >= 11 is 2.01. The summed E-state index contributed by atoms with van der Waals surface area (Å²) in [5.41, 5.74) is 3.19. The van der Waals surface area contributed by atoms with E-state index in [4.69, 9.17) is 0 Å². The molecule has 1 atom stereocenters. The molecule has 17 heavy (non-hydrogen) atoms. The fourth-order valence-electron chi connectivity index (χ4n) is 2.34. The van der Waals surface area contributed by atoms with Crippen LogP contribution < -0.4 is 5.32 Å². The Hall–Kier alpha value is -0.470. The first-order valence-corrected chi connectivity index (χ1v) is 7.45. The van der Waals surface area contributed by atoms with Gasteiger partial charge in [-0.15, -0.1) is 11.8 Å². The van der Waals surface area contributed by atoms with E-state index in [1.807, 2.05) is 11.8 Å². The number of rotatable bonds is 1. The molecule has 0 fully saturated rings. The van der Waals surface area contributed by atoms with Gasteiger partial charge in [0.2, 0.25) is 0 Å². The fraction of sp³-hybridized carbons (Fsp3) is 0.600. The third kappa shape index (κ3) is 2.86.